The highest BCUT2D eigenvalue weighted by Crippen LogP contribution is 2.42. The third kappa shape index (κ3) is 2.79. The zero-order valence-electron chi connectivity index (χ0n) is 13.1. The fraction of sp³-hybridized carbons (Fsp3) is 0.467. The average Bonchev–Trinajstić information content (AvgIpc) is 2.51. The van der Waals surface area contributed by atoms with Crippen LogP contribution in [0, 0.1) is 5.92 Å². The van der Waals surface area contributed by atoms with Crippen LogP contribution in [0.15, 0.2) is 18.2 Å². The fourth-order valence-electron chi connectivity index (χ4n) is 3.04. The summed E-state index contributed by atoms with van der Waals surface area (Å²) in [7, 11) is 1.12. The third-order valence-corrected chi connectivity index (χ3v) is 4.33. The van der Waals surface area contributed by atoms with E-state index in [4.69, 9.17) is 5.73 Å². The van der Waals surface area contributed by atoms with Gasteiger partial charge in [-0.15, -0.1) is 0 Å². The second-order valence-electron chi connectivity index (χ2n) is 5.58. The largest absolute Gasteiger partial charge is 0.469 e. The highest BCUT2D eigenvalue weighted by molar-refractivity contribution is 5.92. The van der Waals surface area contributed by atoms with Gasteiger partial charge >= 0.3 is 18.2 Å². The number of benzene rings is 1. The molecule has 6 nitrogen and oxygen atoms in total. The third-order valence-electron chi connectivity index (χ3n) is 4.33. The Balaban J connectivity index is 2.66. The Kier molecular flexibility index (Phi) is 4.49. The molecule has 0 radical (unpaired) electrons. The zero-order chi connectivity index (χ0) is 18.3. The molecular weight excluding hydrogens is 329 g/mol. The quantitative estimate of drug-likeness (QED) is 0.803. The van der Waals surface area contributed by atoms with Crippen molar-refractivity contribution in [2.24, 2.45) is 11.7 Å². The van der Waals surface area contributed by atoms with Crippen LogP contribution >= 0.6 is 0 Å². The number of carbonyl (C=O) groups is 2. The second kappa shape index (κ2) is 5.97. The molecule has 2 rings (SSSR count). The summed E-state index contributed by atoms with van der Waals surface area (Å²) in [6.45, 7) is 1.60. The number of nitrogens with zero attached hydrogens (tertiary/aromatic N) is 1. The van der Waals surface area contributed by atoms with Gasteiger partial charge in [0.1, 0.15) is 5.66 Å². The minimum atomic E-state index is -4.58. The summed E-state index contributed by atoms with van der Waals surface area (Å²) < 4.78 is 43.4. The number of ether oxygens (including phenoxy) is 1. The van der Waals surface area contributed by atoms with E-state index in [1.165, 1.54) is 0 Å². The lowest BCUT2D eigenvalue weighted by Crippen LogP contribution is -2.67. The number of methoxy groups -OCH3 is 1. The number of carboxylic acid groups (broad SMARTS) is 1. The van der Waals surface area contributed by atoms with E-state index < -0.39 is 35.4 Å². The minimum absolute atomic E-state index is 0.0417. The number of carbonyl (C=O) groups excluding carboxylic acids is 1. The van der Waals surface area contributed by atoms with Gasteiger partial charge in [0.05, 0.1) is 24.3 Å². The summed E-state index contributed by atoms with van der Waals surface area (Å²) in [5.41, 5.74) is 3.78. The molecule has 1 aromatic carbocycles. The van der Waals surface area contributed by atoms with Gasteiger partial charge < -0.3 is 15.6 Å². The first-order valence-electron chi connectivity index (χ1n) is 7.16. The number of hydrogen-bond donors (Lipinski definition) is 2. The van der Waals surface area contributed by atoms with E-state index in [0.717, 1.165) is 30.2 Å². The number of esters is 1. The van der Waals surface area contributed by atoms with Gasteiger partial charge in [-0.25, -0.2) is 4.79 Å². The van der Waals surface area contributed by atoms with E-state index in [9.17, 15) is 27.9 Å². The average molecular weight is 346 g/mol. The lowest BCUT2D eigenvalue weighted by Gasteiger charge is -2.47. The number of alkyl halides is 3. The highest BCUT2D eigenvalue weighted by atomic mass is 19.4. The molecule has 0 spiro atoms. The maximum absolute atomic E-state index is 12.9. The van der Waals surface area contributed by atoms with E-state index in [2.05, 4.69) is 4.74 Å². The van der Waals surface area contributed by atoms with Crippen LogP contribution in [0.2, 0.25) is 0 Å². The van der Waals surface area contributed by atoms with Gasteiger partial charge in [-0.05, 0) is 36.6 Å². The predicted octanol–water partition coefficient (Wildman–Crippen LogP) is 2.60. The summed E-state index contributed by atoms with van der Waals surface area (Å²) in [5, 5.41) is 9.52. The molecule has 1 aliphatic rings. The Morgan fingerprint density at radius 3 is 2.54 bits per heavy atom. The van der Waals surface area contributed by atoms with Crippen molar-refractivity contribution in [2.45, 2.75) is 31.6 Å². The fourth-order valence-corrected chi connectivity index (χ4v) is 3.04. The molecule has 0 saturated heterocycles. The van der Waals surface area contributed by atoms with Gasteiger partial charge in [0.25, 0.3) is 0 Å². The first-order valence-corrected chi connectivity index (χ1v) is 7.16. The van der Waals surface area contributed by atoms with Crippen LogP contribution in [0.4, 0.5) is 23.7 Å². The molecule has 24 heavy (non-hydrogen) atoms. The van der Waals surface area contributed by atoms with Crippen molar-refractivity contribution in [3.63, 3.8) is 0 Å². The van der Waals surface area contributed by atoms with Crippen LogP contribution < -0.4 is 10.6 Å². The van der Waals surface area contributed by atoms with Crippen LogP contribution in [0.3, 0.4) is 0 Å². The molecule has 0 bridgehead atoms. The normalized spacial score (nSPS) is 23.6. The van der Waals surface area contributed by atoms with Crippen LogP contribution in [0.5, 0.6) is 0 Å². The minimum Gasteiger partial charge on any atom is -0.469 e. The molecule has 1 heterocycles. The Labute approximate surface area is 136 Å². The molecule has 2 atom stereocenters. The predicted molar refractivity (Wildman–Crippen MR) is 78.4 cm³/mol. The van der Waals surface area contributed by atoms with Gasteiger partial charge in [-0.1, -0.05) is 6.92 Å². The van der Waals surface area contributed by atoms with E-state index >= 15 is 0 Å². The van der Waals surface area contributed by atoms with Crippen molar-refractivity contribution in [2.75, 3.05) is 12.0 Å². The molecule has 1 amide bonds. The van der Waals surface area contributed by atoms with Crippen molar-refractivity contribution in [3.8, 4) is 0 Å². The van der Waals surface area contributed by atoms with Gasteiger partial charge in [-0.3, -0.25) is 9.69 Å². The van der Waals surface area contributed by atoms with Crippen molar-refractivity contribution in [3.05, 3.63) is 29.3 Å². The number of rotatable bonds is 2. The van der Waals surface area contributed by atoms with Crippen molar-refractivity contribution < 1.29 is 32.6 Å². The van der Waals surface area contributed by atoms with Crippen molar-refractivity contribution in [1.29, 1.82) is 0 Å². The summed E-state index contributed by atoms with van der Waals surface area (Å²) >= 11 is 0. The summed E-state index contributed by atoms with van der Waals surface area (Å²) in [4.78, 5) is 24.5. The van der Waals surface area contributed by atoms with E-state index in [1.807, 2.05) is 0 Å². The van der Waals surface area contributed by atoms with Gasteiger partial charge in [0.2, 0.25) is 0 Å². The lowest BCUT2D eigenvalue weighted by molar-refractivity contribution is -0.148. The Hall–Kier alpha value is -2.29. The molecular formula is C15H17F3N2O4. The number of nitrogens with two attached hydrogens (primary N) is 1. The maximum Gasteiger partial charge on any atom is 0.416 e. The van der Waals surface area contributed by atoms with Gasteiger partial charge in [-0.2, -0.15) is 13.2 Å². The van der Waals surface area contributed by atoms with Gasteiger partial charge in [0.15, 0.2) is 0 Å². The molecule has 0 aliphatic carbocycles. The molecule has 9 heteroatoms. The molecule has 2 unspecified atom stereocenters. The SMILES string of the molecule is CCC1(N)C(C(=O)OC)Cc2cc(C(F)(F)F)ccc2N1C(=O)O. The zero-order valence-corrected chi connectivity index (χ0v) is 13.1. The lowest BCUT2D eigenvalue weighted by atomic mass is 9.79. The monoisotopic (exact) mass is 346 g/mol. The number of hydrogen-bond acceptors (Lipinski definition) is 4. The summed E-state index contributed by atoms with van der Waals surface area (Å²) in [6, 6.07) is 2.71. The van der Waals surface area contributed by atoms with Crippen LogP contribution in [0.25, 0.3) is 0 Å². The standard InChI is InChI=1S/C15H17F3N2O4/c1-3-14(19)10(12(21)24-2)7-8-6-9(15(16,17)18)4-5-11(8)20(14)13(22)23/h4-6,10H,3,7,19H2,1-2H3,(H,22,23). The molecule has 0 fully saturated rings. The number of halogens is 3. The van der Waals surface area contributed by atoms with Crippen LogP contribution in [-0.2, 0) is 22.1 Å². The van der Waals surface area contributed by atoms with Gasteiger partial charge in [0, 0.05) is 0 Å². The van der Waals surface area contributed by atoms with Crippen LogP contribution in [0.1, 0.15) is 24.5 Å². The smallest absolute Gasteiger partial charge is 0.416 e. The van der Waals surface area contributed by atoms with Crippen LogP contribution in [-0.4, -0.2) is 29.9 Å². The first-order chi connectivity index (χ1) is 11.1. The Bertz CT molecular complexity index is 677. The molecule has 1 aromatic rings. The molecule has 3 N–H and O–H groups in total. The Morgan fingerprint density at radius 1 is 1.46 bits per heavy atom. The topological polar surface area (TPSA) is 92.9 Å². The molecule has 1 aliphatic heterocycles. The van der Waals surface area contributed by atoms with E-state index in [1.54, 1.807) is 6.92 Å². The second-order valence-corrected chi connectivity index (χ2v) is 5.58. The van der Waals surface area contributed by atoms with E-state index in [0.29, 0.717) is 0 Å². The van der Waals surface area contributed by atoms with Crippen molar-refractivity contribution in [1.82, 2.24) is 0 Å². The summed E-state index contributed by atoms with van der Waals surface area (Å²) in [5.74, 6) is -1.88. The highest BCUT2D eigenvalue weighted by Gasteiger charge is 2.51. The molecule has 0 aromatic heterocycles. The summed E-state index contributed by atoms with van der Waals surface area (Å²) in [6.07, 6.45) is -6.08. The maximum atomic E-state index is 12.9. The molecule has 0 saturated carbocycles. The number of fused-ring (bicyclic) bond motifs is 1. The first kappa shape index (κ1) is 18.1. The molecule has 132 valence electrons. The number of anilines is 1. The van der Waals surface area contributed by atoms with E-state index in [-0.39, 0.29) is 24.1 Å². The number of amides is 1. The van der Waals surface area contributed by atoms with Crippen molar-refractivity contribution >= 4 is 17.7 Å². The Morgan fingerprint density at radius 2 is 2.08 bits per heavy atom.